The van der Waals surface area contributed by atoms with Crippen LogP contribution in [0.4, 0.5) is 4.39 Å². The molecule has 0 N–H and O–H groups in total. The van der Waals surface area contributed by atoms with Crippen LogP contribution in [0.1, 0.15) is 26.7 Å². The van der Waals surface area contributed by atoms with Gasteiger partial charge in [0.15, 0.2) is 0 Å². The van der Waals surface area contributed by atoms with Gasteiger partial charge in [0, 0.05) is 23.3 Å². The van der Waals surface area contributed by atoms with Crippen LogP contribution in [0.2, 0.25) is 5.02 Å². The molecule has 0 bridgehead atoms. The number of benzene rings is 1. The van der Waals surface area contributed by atoms with Gasteiger partial charge < -0.3 is 4.74 Å². The fourth-order valence-corrected chi connectivity index (χ4v) is 3.34. The van der Waals surface area contributed by atoms with Crippen molar-refractivity contribution in [1.29, 1.82) is 0 Å². The van der Waals surface area contributed by atoms with Crippen LogP contribution in [0.25, 0.3) is 0 Å². The zero-order chi connectivity index (χ0) is 13.5. The van der Waals surface area contributed by atoms with Crippen molar-refractivity contribution in [3.05, 3.63) is 27.4 Å². The van der Waals surface area contributed by atoms with Crippen LogP contribution in [0.5, 0.6) is 5.75 Å². The molecule has 0 amide bonds. The van der Waals surface area contributed by atoms with Crippen LogP contribution >= 0.6 is 39.1 Å². The largest absolute Gasteiger partial charge is 0.488 e. The predicted octanol–water partition coefficient (Wildman–Crippen LogP) is 5.42. The molecule has 1 nitrogen and oxygen atoms in total. The van der Waals surface area contributed by atoms with E-state index < -0.39 is 5.82 Å². The van der Waals surface area contributed by atoms with E-state index in [9.17, 15) is 4.39 Å². The lowest BCUT2D eigenvalue weighted by atomic mass is 9.65. The number of hydrogen-bond donors (Lipinski definition) is 0. The molecule has 1 aromatic carbocycles. The summed E-state index contributed by atoms with van der Waals surface area (Å²) in [7, 11) is 0. The fraction of sp³-hybridized carbons (Fsp3) is 0.538. The van der Waals surface area contributed by atoms with Crippen LogP contribution < -0.4 is 4.74 Å². The first kappa shape index (κ1) is 14.4. The van der Waals surface area contributed by atoms with Gasteiger partial charge in [-0.2, -0.15) is 0 Å². The molecule has 1 saturated carbocycles. The summed E-state index contributed by atoms with van der Waals surface area (Å²) in [6, 6.07) is 2.82. The van der Waals surface area contributed by atoms with Crippen molar-refractivity contribution in [2.24, 2.45) is 5.41 Å². The Morgan fingerprint density at radius 3 is 2.78 bits per heavy atom. The second-order valence-electron chi connectivity index (χ2n) is 4.87. The molecule has 1 aromatic rings. The highest BCUT2D eigenvalue weighted by Gasteiger charge is 2.51. The third-order valence-corrected chi connectivity index (χ3v) is 5.46. The molecule has 1 aliphatic carbocycles. The van der Waals surface area contributed by atoms with Gasteiger partial charge in [0.1, 0.15) is 17.7 Å². The zero-order valence-corrected chi connectivity index (χ0v) is 13.2. The first-order chi connectivity index (χ1) is 8.38. The molecule has 0 aromatic heterocycles. The van der Waals surface area contributed by atoms with E-state index in [1.165, 1.54) is 12.1 Å². The maximum absolute atomic E-state index is 13.4. The predicted molar refractivity (Wildman–Crippen MR) is 76.2 cm³/mol. The van der Waals surface area contributed by atoms with Gasteiger partial charge in [-0.1, -0.05) is 25.4 Å². The van der Waals surface area contributed by atoms with Crippen molar-refractivity contribution in [2.75, 3.05) is 0 Å². The summed E-state index contributed by atoms with van der Waals surface area (Å²) in [4.78, 5) is 0. The van der Waals surface area contributed by atoms with Crippen LogP contribution in [0.3, 0.4) is 0 Å². The molecule has 18 heavy (non-hydrogen) atoms. The van der Waals surface area contributed by atoms with Gasteiger partial charge in [0.2, 0.25) is 0 Å². The molecule has 3 atom stereocenters. The Morgan fingerprint density at radius 2 is 2.22 bits per heavy atom. The average Bonchev–Trinajstić information content (AvgIpc) is 2.34. The molecule has 1 fully saturated rings. The molecular weight excluding hydrogens is 342 g/mol. The molecule has 100 valence electrons. The minimum atomic E-state index is -0.477. The number of hydrogen-bond acceptors (Lipinski definition) is 1. The van der Waals surface area contributed by atoms with Crippen LogP contribution in [-0.2, 0) is 0 Å². The summed E-state index contributed by atoms with van der Waals surface area (Å²) in [5.41, 5.74) is -0.0584. The second kappa shape index (κ2) is 5.18. The standard InChI is InChI=1S/C13H14BrCl2FO/c1-3-13(2)11(16)6-12(13)18-10-5-9(17)8(15)4-7(10)14/h4-5,11-12H,3,6H2,1-2H3. The Kier molecular flexibility index (Phi) is 4.15. The first-order valence-electron chi connectivity index (χ1n) is 5.83. The normalized spacial score (nSPS) is 31.0. The van der Waals surface area contributed by atoms with E-state index in [4.69, 9.17) is 27.9 Å². The third kappa shape index (κ3) is 2.37. The van der Waals surface area contributed by atoms with Gasteiger partial charge in [0.25, 0.3) is 0 Å². The molecule has 3 unspecified atom stereocenters. The van der Waals surface area contributed by atoms with E-state index >= 15 is 0 Å². The topological polar surface area (TPSA) is 9.23 Å². The summed E-state index contributed by atoms with van der Waals surface area (Å²) in [6.45, 7) is 4.18. The lowest BCUT2D eigenvalue weighted by molar-refractivity contribution is -0.0300. The summed E-state index contributed by atoms with van der Waals surface area (Å²) in [5.74, 6) is -0.0000400. The highest BCUT2D eigenvalue weighted by Crippen LogP contribution is 2.49. The quantitative estimate of drug-likeness (QED) is 0.519. The minimum Gasteiger partial charge on any atom is -0.488 e. The maximum atomic E-state index is 13.4. The summed E-state index contributed by atoms with van der Waals surface area (Å²) >= 11 is 15.3. The van der Waals surface area contributed by atoms with Gasteiger partial charge in [0.05, 0.1) is 9.50 Å². The molecule has 2 rings (SSSR count). The molecule has 5 heteroatoms. The van der Waals surface area contributed by atoms with Crippen molar-refractivity contribution in [3.8, 4) is 5.75 Å². The highest BCUT2D eigenvalue weighted by molar-refractivity contribution is 9.10. The number of ether oxygens (including phenoxy) is 1. The summed E-state index contributed by atoms with van der Waals surface area (Å²) in [6.07, 6.45) is 1.73. The van der Waals surface area contributed by atoms with Gasteiger partial charge in [-0.05, 0) is 28.4 Å². The fourth-order valence-electron chi connectivity index (χ4n) is 2.15. The Balaban J connectivity index is 2.18. The smallest absolute Gasteiger partial charge is 0.145 e. The van der Waals surface area contributed by atoms with Crippen LogP contribution in [0.15, 0.2) is 16.6 Å². The average molecular weight is 356 g/mol. The molecule has 0 radical (unpaired) electrons. The second-order valence-corrected chi connectivity index (χ2v) is 6.65. The molecule has 0 saturated heterocycles. The SMILES string of the molecule is CCC1(C)C(Cl)CC1Oc1cc(F)c(Cl)cc1Br. The molecule has 0 aliphatic heterocycles. The summed E-state index contributed by atoms with van der Waals surface area (Å²) < 4.78 is 19.9. The molecule has 0 heterocycles. The lowest BCUT2D eigenvalue weighted by Crippen LogP contribution is -2.55. The third-order valence-electron chi connectivity index (χ3n) is 3.88. The molecule has 1 aliphatic rings. The molecule has 0 spiro atoms. The van der Waals surface area contributed by atoms with Gasteiger partial charge in [-0.15, -0.1) is 11.6 Å². The molecular formula is C13H14BrCl2FO. The Hall–Kier alpha value is 0.01000. The Labute approximate surface area is 125 Å². The van der Waals surface area contributed by atoms with Crippen LogP contribution in [-0.4, -0.2) is 11.5 Å². The van der Waals surface area contributed by atoms with E-state index in [1.54, 1.807) is 0 Å². The van der Waals surface area contributed by atoms with E-state index in [1.807, 2.05) is 0 Å². The van der Waals surface area contributed by atoms with E-state index in [0.29, 0.717) is 10.2 Å². The zero-order valence-electron chi connectivity index (χ0n) is 10.1. The van der Waals surface area contributed by atoms with Gasteiger partial charge in [-0.25, -0.2) is 4.39 Å². The first-order valence-corrected chi connectivity index (χ1v) is 7.44. The van der Waals surface area contributed by atoms with Crippen molar-refractivity contribution in [1.82, 2.24) is 0 Å². The minimum absolute atomic E-state index is 0.0156. The summed E-state index contributed by atoms with van der Waals surface area (Å²) in [5, 5.41) is 0.194. The van der Waals surface area contributed by atoms with Crippen molar-refractivity contribution < 1.29 is 9.13 Å². The van der Waals surface area contributed by atoms with Crippen molar-refractivity contribution >= 4 is 39.1 Å². The van der Waals surface area contributed by atoms with E-state index in [0.717, 1.165) is 12.8 Å². The van der Waals surface area contributed by atoms with E-state index in [2.05, 4.69) is 29.8 Å². The Bertz CT molecular complexity index is 469. The monoisotopic (exact) mass is 354 g/mol. The van der Waals surface area contributed by atoms with Gasteiger partial charge in [-0.3, -0.25) is 0 Å². The van der Waals surface area contributed by atoms with Crippen LogP contribution in [0, 0.1) is 11.2 Å². The van der Waals surface area contributed by atoms with Crippen molar-refractivity contribution in [2.45, 2.75) is 38.2 Å². The number of halogens is 4. The van der Waals surface area contributed by atoms with E-state index in [-0.39, 0.29) is 21.9 Å². The Morgan fingerprint density at radius 1 is 1.56 bits per heavy atom. The number of rotatable bonds is 3. The highest BCUT2D eigenvalue weighted by atomic mass is 79.9. The number of alkyl halides is 1. The van der Waals surface area contributed by atoms with Gasteiger partial charge >= 0.3 is 0 Å². The van der Waals surface area contributed by atoms with Crippen molar-refractivity contribution in [3.63, 3.8) is 0 Å². The lowest BCUT2D eigenvalue weighted by Gasteiger charge is -2.50. The maximum Gasteiger partial charge on any atom is 0.145 e.